The molecule has 6 heteroatoms. The van der Waals surface area contributed by atoms with E-state index < -0.39 is 5.97 Å². The summed E-state index contributed by atoms with van der Waals surface area (Å²) in [6.45, 7) is 5.12. The van der Waals surface area contributed by atoms with E-state index in [0.29, 0.717) is 32.0 Å². The third-order valence-corrected chi connectivity index (χ3v) is 2.39. The predicted octanol–water partition coefficient (Wildman–Crippen LogP) is 0.851. The van der Waals surface area contributed by atoms with Crippen molar-refractivity contribution >= 4 is 11.8 Å². The number of nitrogens with zero attached hydrogens (tertiary/aromatic N) is 2. The Balaban J connectivity index is 3.00. The van der Waals surface area contributed by atoms with Crippen LogP contribution in [-0.4, -0.2) is 35.8 Å². The van der Waals surface area contributed by atoms with Gasteiger partial charge in [0.05, 0.1) is 13.2 Å². The van der Waals surface area contributed by atoms with E-state index in [0.717, 1.165) is 5.82 Å². The fourth-order valence-corrected chi connectivity index (χ4v) is 1.57. The largest absolute Gasteiger partial charge is 0.461 e. The average Bonchev–Trinajstić information content (AvgIpc) is 2.64. The first-order valence-corrected chi connectivity index (χ1v) is 5.66. The smallest absolute Gasteiger partial charge is 0.360 e. The molecule has 0 saturated carbocycles. The number of esters is 1. The Morgan fingerprint density at radius 3 is 2.71 bits per heavy atom. The van der Waals surface area contributed by atoms with E-state index >= 15 is 0 Å². The molecule has 0 spiro atoms. The molecular formula is C11H19N3O3. The lowest BCUT2D eigenvalue weighted by atomic mass is 10.4. The Morgan fingerprint density at radius 2 is 2.18 bits per heavy atom. The topological polar surface area (TPSA) is 79.4 Å². The highest BCUT2D eigenvalue weighted by molar-refractivity contribution is 5.92. The Morgan fingerprint density at radius 1 is 1.47 bits per heavy atom. The van der Waals surface area contributed by atoms with Gasteiger partial charge in [0, 0.05) is 20.1 Å². The second-order valence-electron chi connectivity index (χ2n) is 3.48. The molecule has 0 unspecified atom stereocenters. The SMILES string of the molecule is CCOC(=O)c1nc(CC)n(CCOC)c1N. The van der Waals surface area contributed by atoms with Gasteiger partial charge in [0.25, 0.3) is 0 Å². The van der Waals surface area contributed by atoms with E-state index in [2.05, 4.69) is 4.98 Å². The summed E-state index contributed by atoms with van der Waals surface area (Å²) in [5.74, 6) is 0.635. The summed E-state index contributed by atoms with van der Waals surface area (Å²) in [4.78, 5) is 15.8. The number of hydrogen-bond donors (Lipinski definition) is 1. The molecule has 6 nitrogen and oxygen atoms in total. The quantitative estimate of drug-likeness (QED) is 0.747. The van der Waals surface area contributed by atoms with Gasteiger partial charge in [-0.2, -0.15) is 0 Å². The van der Waals surface area contributed by atoms with Crippen molar-refractivity contribution in [3.05, 3.63) is 11.5 Å². The number of nitrogen functional groups attached to an aromatic ring is 1. The maximum atomic E-state index is 11.6. The van der Waals surface area contributed by atoms with Crippen molar-refractivity contribution in [1.29, 1.82) is 0 Å². The monoisotopic (exact) mass is 241 g/mol. The average molecular weight is 241 g/mol. The first-order valence-electron chi connectivity index (χ1n) is 5.66. The van der Waals surface area contributed by atoms with Crippen molar-refractivity contribution in [2.24, 2.45) is 0 Å². The van der Waals surface area contributed by atoms with Crippen LogP contribution in [0.25, 0.3) is 0 Å². The highest BCUT2D eigenvalue weighted by atomic mass is 16.5. The van der Waals surface area contributed by atoms with Crippen LogP contribution >= 0.6 is 0 Å². The number of carbonyl (C=O) groups is 1. The molecule has 96 valence electrons. The minimum atomic E-state index is -0.476. The number of nitrogens with two attached hydrogens (primary N) is 1. The lowest BCUT2D eigenvalue weighted by Gasteiger charge is -2.07. The van der Waals surface area contributed by atoms with Gasteiger partial charge in [0.1, 0.15) is 11.6 Å². The summed E-state index contributed by atoms with van der Waals surface area (Å²) in [6, 6.07) is 0. The van der Waals surface area contributed by atoms with E-state index in [1.54, 1.807) is 18.6 Å². The number of imidazole rings is 1. The fraction of sp³-hybridized carbons (Fsp3) is 0.636. The molecule has 2 N–H and O–H groups in total. The highest BCUT2D eigenvalue weighted by Crippen LogP contribution is 2.16. The summed E-state index contributed by atoms with van der Waals surface area (Å²) in [6.07, 6.45) is 0.702. The van der Waals surface area contributed by atoms with Crippen LogP contribution in [0.1, 0.15) is 30.2 Å². The first kappa shape index (κ1) is 13.5. The van der Waals surface area contributed by atoms with Crippen molar-refractivity contribution in [3.8, 4) is 0 Å². The number of methoxy groups -OCH3 is 1. The van der Waals surface area contributed by atoms with Gasteiger partial charge in [0.15, 0.2) is 5.69 Å². The van der Waals surface area contributed by atoms with Crippen LogP contribution in [0.3, 0.4) is 0 Å². The minimum absolute atomic E-state index is 0.194. The van der Waals surface area contributed by atoms with E-state index in [1.807, 2.05) is 6.92 Å². The van der Waals surface area contributed by atoms with Crippen LogP contribution in [0.2, 0.25) is 0 Å². The van der Waals surface area contributed by atoms with Gasteiger partial charge < -0.3 is 19.8 Å². The normalized spacial score (nSPS) is 10.5. The van der Waals surface area contributed by atoms with E-state index in [-0.39, 0.29) is 5.69 Å². The first-order chi connectivity index (χ1) is 8.15. The number of aromatic nitrogens is 2. The van der Waals surface area contributed by atoms with Gasteiger partial charge in [-0.05, 0) is 6.92 Å². The highest BCUT2D eigenvalue weighted by Gasteiger charge is 2.20. The molecule has 0 aromatic carbocycles. The Kier molecular flexibility index (Phi) is 4.96. The second kappa shape index (κ2) is 6.24. The van der Waals surface area contributed by atoms with Crippen molar-refractivity contribution < 1.29 is 14.3 Å². The summed E-state index contributed by atoms with van der Waals surface area (Å²) >= 11 is 0. The zero-order valence-corrected chi connectivity index (χ0v) is 10.5. The predicted molar refractivity (Wildman–Crippen MR) is 63.8 cm³/mol. The fourth-order valence-electron chi connectivity index (χ4n) is 1.57. The van der Waals surface area contributed by atoms with Crippen LogP contribution in [0.4, 0.5) is 5.82 Å². The molecule has 1 aromatic rings. The molecule has 1 heterocycles. The van der Waals surface area contributed by atoms with E-state index in [4.69, 9.17) is 15.2 Å². The van der Waals surface area contributed by atoms with E-state index in [9.17, 15) is 4.79 Å². The van der Waals surface area contributed by atoms with Gasteiger partial charge in [0.2, 0.25) is 0 Å². The second-order valence-corrected chi connectivity index (χ2v) is 3.48. The lowest BCUT2D eigenvalue weighted by molar-refractivity contribution is 0.0521. The summed E-state index contributed by atoms with van der Waals surface area (Å²) in [5, 5.41) is 0. The van der Waals surface area contributed by atoms with E-state index in [1.165, 1.54) is 0 Å². The van der Waals surface area contributed by atoms with Crippen LogP contribution in [-0.2, 0) is 22.4 Å². The third-order valence-electron chi connectivity index (χ3n) is 2.39. The van der Waals surface area contributed by atoms with Crippen LogP contribution in [0, 0.1) is 0 Å². The number of rotatable bonds is 6. The Bertz CT molecular complexity index is 388. The summed E-state index contributed by atoms with van der Waals surface area (Å²) in [7, 11) is 1.62. The van der Waals surface area contributed by atoms with Gasteiger partial charge in [-0.1, -0.05) is 6.92 Å². The van der Waals surface area contributed by atoms with Crippen molar-refractivity contribution in [3.63, 3.8) is 0 Å². The molecule has 0 aliphatic carbocycles. The van der Waals surface area contributed by atoms with Crippen LogP contribution in [0.5, 0.6) is 0 Å². The van der Waals surface area contributed by atoms with Gasteiger partial charge >= 0.3 is 5.97 Å². The molecule has 0 aliphatic heterocycles. The van der Waals surface area contributed by atoms with Crippen molar-refractivity contribution in [2.75, 3.05) is 26.1 Å². The maximum Gasteiger partial charge on any atom is 0.360 e. The zero-order chi connectivity index (χ0) is 12.8. The third kappa shape index (κ3) is 2.97. The zero-order valence-electron chi connectivity index (χ0n) is 10.5. The standard InChI is InChI=1S/C11H19N3O3/c1-4-8-13-9(11(15)17-5-2)10(12)14(8)6-7-16-3/h4-7,12H2,1-3H3. The summed E-state index contributed by atoms with van der Waals surface area (Å²) in [5.41, 5.74) is 6.09. The molecule has 0 aliphatic rings. The van der Waals surface area contributed by atoms with Gasteiger partial charge in [-0.25, -0.2) is 9.78 Å². The van der Waals surface area contributed by atoms with Crippen LogP contribution < -0.4 is 5.73 Å². The molecule has 0 amide bonds. The molecule has 0 bridgehead atoms. The Labute approximate surface area is 101 Å². The molecule has 0 fully saturated rings. The molecule has 0 atom stereocenters. The molecule has 0 saturated heterocycles. The molecule has 17 heavy (non-hydrogen) atoms. The maximum absolute atomic E-state index is 11.6. The van der Waals surface area contributed by atoms with Crippen molar-refractivity contribution in [2.45, 2.75) is 26.8 Å². The Hall–Kier alpha value is -1.56. The number of hydrogen-bond acceptors (Lipinski definition) is 5. The van der Waals surface area contributed by atoms with Gasteiger partial charge in [-0.3, -0.25) is 0 Å². The number of anilines is 1. The van der Waals surface area contributed by atoms with Crippen LogP contribution in [0.15, 0.2) is 0 Å². The van der Waals surface area contributed by atoms with Gasteiger partial charge in [-0.15, -0.1) is 0 Å². The number of aryl methyl sites for hydroxylation is 1. The number of carbonyl (C=O) groups excluding carboxylic acids is 1. The van der Waals surface area contributed by atoms with Crippen molar-refractivity contribution in [1.82, 2.24) is 9.55 Å². The number of ether oxygens (including phenoxy) is 2. The molecule has 1 aromatic heterocycles. The molecule has 0 radical (unpaired) electrons. The molecule has 1 rings (SSSR count). The molecular weight excluding hydrogens is 222 g/mol. The lowest BCUT2D eigenvalue weighted by Crippen LogP contribution is -2.12. The minimum Gasteiger partial charge on any atom is -0.461 e. The summed E-state index contributed by atoms with van der Waals surface area (Å²) < 4.78 is 11.7.